The second kappa shape index (κ2) is 5.92. The number of amides is 1. The van der Waals surface area contributed by atoms with Crippen LogP contribution in [0.5, 0.6) is 0 Å². The highest BCUT2D eigenvalue weighted by Gasteiger charge is 2.30. The number of halogens is 2. The zero-order chi connectivity index (χ0) is 15.5. The van der Waals surface area contributed by atoms with Gasteiger partial charge in [0.15, 0.2) is 4.90 Å². The van der Waals surface area contributed by atoms with Crippen LogP contribution in [0.1, 0.15) is 6.42 Å². The van der Waals surface area contributed by atoms with Crippen LogP contribution in [0.2, 0.25) is 0 Å². The molecule has 0 saturated heterocycles. The predicted octanol–water partition coefficient (Wildman–Crippen LogP) is -0.428. The van der Waals surface area contributed by atoms with E-state index in [1.54, 1.807) is 0 Å². The SMILES string of the molecule is NC(=O)C[C@H](NS(=O)(=O)c1c(F)cccc1F)C(=O)O. The molecule has 1 atom stereocenters. The van der Waals surface area contributed by atoms with Crippen LogP contribution in [0.25, 0.3) is 0 Å². The molecule has 0 aliphatic carbocycles. The molecule has 0 fully saturated rings. The van der Waals surface area contributed by atoms with Gasteiger partial charge in [-0.25, -0.2) is 17.2 Å². The van der Waals surface area contributed by atoms with Crippen molar-refractivity contribution in [2.45, 2.75) is 17.4 Å². The third-order valence-corrected chi connectivity index (χ3v) is 3.71. The Balaban J connectivity index is 3.17. The van der Waals surface area contributed by atoms with Crippen LogP contribution < -0.4 is 10.5 Å². The second-order valence-corrected chi connectivity index (χ2v) is 5.38. The summed E-state index contributed by atoms with van der Waals surface area (Å²) in [5.74, 6) is -5.57. The molecule has 7 nitrogen and oxygen atoms in total. The maximum atomic E-state index is 13.4. The summed E-state index contributed by atoms with van der Waals surface area (Å²) < 4.78 is 51.8. The zero-order valence-electron chi connectivity index (χ0n) is 9.84. The topological polar surface area (TPSA) is 127 Å². The van der Waals surface area contributed by atoms with E-state index >= 15 is 0 Å². The second-order valence-electron chi connectivity index (χ2n) is 3.73. The van der Waals surface area contributed by atoms with Crippen LogP contribution in [0, 0.1) is 11.6 Å². The molecule has 20 heavy (non-hydrogen) atoms. The normalized spacial score (nSPS) is 12.9. The number of hydrogen-bond donors (Lipinski definition) is 3. The van der Waals surface area contributed by atoms with Crippen molar-refractivity contribution < 1.29 is 31.9 Å². The zero-order valence-corrected chi connectivity index (χ0v) is 10.7. The van der Waals surface area contributed by atoms with Crippen LogP contribution in [0.4, 0.5) is 8.78 Å². The van der Waals surface area contributed by atoms with Gasteiger partial charge < -0.3 is 10.8 Å². The van der Waals surface area contributed by atoms with Crippen molar-refractivity contribution in [3.05, 3.63) is 29.8 Å². The highest BCUT2D eigenvalue weighted by atomic mass is 32.2. The number of carbonyl (C=O) groups is 2. The maximum absolute atomic E-state index is 13.4. The molecule has 1 aromatic rings. The molecule has 10 heteroatoms. The van der Waals surface area contributed by atoms with Crippen LogP contribution in [0.3, 0.4) is 0 Å². The van der Waals surface area contributed by atoms with Gasteiger partial charge in [0.1, 0.15) is 17.7 Å². The van der Waals surface area contributed by atoms with Crippen molar-refractivity contribution in [2.75, 3.05) is 0 Å². The van der Waals surface area contributed by atoms with Crippen LogP contribution in [0.15, 0.2) is 23.1 Å². The van der Waals surface area contributed by atoms with Crippen LogP contribution in [-0.4, -0.2) is 31.4 Å². The Labute approximate surface area is 112 Å². The number of carboxylic acid groups (broad SMARTS) is 1. The number of nitrogens with one attached hydrogen (secondary N) is 1. The third kappa shape index (κ3) is 3.71. The summed E-state index contributed by atoms with van der Waals surface area (Å²) in [6, 6.07) is 0.418. The van der Waals surface area contributed by atoms with E-state index in [4.69, 9.17) is 10.8 Å². The number of nitrogens with two attached hydrogens (primary N) is 1. The summed E-state index contributed by atoms with van der Waals surface area (Å²) in [4.78, 5) is 20.1. The lowest BCUT2D eigenvalue weighted by molar-refractivity contribution is -0.140. The van der Waals surface area contributed by atoms with E-state index in [2.05, 4.69) is 0 Å². The van der Waals surface area contributed by atoms with Gasteiger partial charge in [-0.3, -0.25) is 9.59 Å². The van der Waals surface area contributed by atoms with E-state index in [-0.39, 0.29) is 0 Å². The first kappa shape index (κ1) is 16.0. The van der Waals surface area contributed by atoms with Crippen molar-refractivity contribution in [3.63, 3.8) is 0 Å². The van der Waals surface area contributed by atoms with E-state index in [1.165, 1.54) is 4.72 Å². The average Bonchev–Trinajstić information content (AvgIpc) is 2.26. The number of sulfonamides is 1. The van der Waals surface area contributed by atoms with Crippen LogP contribution >= 0.6 is 0 Å². The number of hydrogen-bond acceptors (Lipinski definition) is 4. The van der Waals surface area contributed by atoms with Gasteiger partial charge in [-0.2, -0.15) is 4.72 Å². The standard InChI is InChI=1S/C10H10F2N2O5S/c11-5-2-1-3-6(12)9(5)20(18,19)14-7(10(16)17)4-8(13)15/h1-3,7,14H,4H2,(H2,13,15)(H,16,17)/t7-/m0/s1. The first-order valence-electron chi connectivity index (χ1n) is 5.12. The van der Waals surface area contributed by atoms with Gasteiger partial charge in [-0.15, -0.1) is 0 Å². The minimum atomic E-state index is -4.80. The van der Waals surface area contributed by atoms with E-state index in [9.17, 15) is 26.8 Å². The molecule has 0 bridgehead atoms. The summed E-state index contributed by atoms with van der Waals surface area (Å²) in [5.41, 5.74) is 4.76. The Kier molecular flexibility index (Phi) is 4.73. The summed E-state index contributed by atoms with van der Waals surface area (Å²) in [5, 5.41) is 8.75. The first-order valence-corrected chi connectivity index (χ1v) is 6.61. The number of carbonyl (C=O) groups excluding carboxylic acids is 1. The Morgan fingerprint density at radius 3 is 2.20 bits per heavy atom. The van der Waals surface area contributed by atoms with Crippen LogP contribution in [-0.2, 0) is 19.6 Å². The first-order chi connectivity index (χ1) is 9.15. The van der Waals surface area contributed by atoms with Crippen molar-refractivity contribution >= 4 is 21.9 Å². The molecule has 1 amide bonds. The number of rotatable bonds is 6. The Bertz CT molecular complexity index is 627. The molecular weight excluding hydrogens is 298 g/mol. The van der Waals surface area contributed by atoms with E-state index in [0.717, 1.165) is 6.07 Å². The lowest BCUT2D eigenvalue weighted by Crippen LogP contribution is -2.43. The molecule has 1 rings (SSSR count). The molecule has 4 N–H and O–H groups in total. The van der Waals surface area contributed by atoms with Gasteiger partial charge >= 0.3 is 5.97 Å². The van der Waals surface area contributed by atoms with Crippen molar-refractivity contribution in [1.82, 2.24) is 4.72 Å². The van der Waals surface area contributed by atoms with Gasteiger partial charge in [-0.1, -0.05) is 6.07 Å². The van der Waals surface area contributed by atoms with E-state index in [0.29, 0.717) is 12.1 Å². The Hall–Kier alpha value is -2.07. The summed E-state index contributed by atoms with van der Waals surface area (Å²) in [7, 11) is -4.80. The monoisotopic (exact) mass is 308 g/mol. The molecule has 0 unspecified atom stereocenters. The highest BCUT2D eigenvalue weighted by molar-refractivity contribution is 7.89. The van der Waals surface area contributed by atoms with Gasteiger partial charge in [0, 0.05) is 0 Å². The predicted molar refractivity (Wildman–Crippen MR) is 61.9 cm³/mol. The number of benzene rings is 1. The average molecular weight is 308 g/mol. The quantitative estimate of drug-likeness (QED) is 0.657. The lowest BCUT2D eigenvalue weighted by Gasteiger charge is -2.14. The summed E-state index contributed by atoms with van der Waals surface area (Å²) in [6.45, 7) is 0. The molecule has 0 heterocycles. The van der Waals surface area contributed by atoms with Gasteiger partial charge in [0.2, 0.25) is 15.9 Å². The Morgan fingerprint density at radius 2 is 1.80 bits per heavy atom. The minimum absolute atomic E-state index is 0.696. The van der Waals surface area contributed by atoms with Gasteiger partial charge in [0.25, 0.3) is 0 Å². The molecule has 0 aromatic heterocycles. The van der Waals surface area contributed by atoms with E-state index in [1.807, 2.05) is 0 Å². The van der Waals surface area contributed by atoms with Gasteiger partial charge in [0.05, 0.1) is 6.42 Å². The molecule has 0 radical (unpaired) electrons. The fourth-order valence-electron chi connectivity index (χ4n) is 1.37. The molecule has 1 aromatic carbocycles. The molecule has 0 aliphatic rings. The number of carboxylic acids is 1. The minimum Gasteiger partial charge on any atom is -0.480 e. The fourth-order valence-corrected chi connectivity index (χ4v) is 2.69. The molecule has 110 valence electrons. The maximum Gasteiger partial charge on any atom is 0.322 e. The summed E-state index contributed by atoms with van der Waals surface area (Å²) >= 11 is 0. The third-order valence-electron chi connectivity index (χ3n) is 2.19. The molecule has 0 aliphatic heterocycles. The highest BCUT2D eigenvalue weighted by Crippen LogP contribution is 2.18. The lowest BCUT2D eigenvalue weighted by atomic mass is 10.2. The number of aliphatic carboxylic acids is 1. The number of primary amides is 1. The largest absolute Gasteiger partial charge is 0.480 e. The Morgan fingerprint density at radius 1 is 1.30 bits per heavy atom. The van der Waals surface area contributed by atoms with Crippen molar-refractivity contribution in [3.8, 4) is 0 Å². The summed E-state index contributed by atoms with van der Waals surface area (Å²) in [6.07, 6.45) is -0.857. The fraction of sp³-hybridized carbons (Fsp3) is 0.200. The van der Waals surface area contributed by atoms with Crippen molar-refractivity contribution in [2.24, 2.45) is 5.73 Å². The molecule has 0 saturated carbocycles. The van der Waals surface area contributed by atoms with E-state index < -0.39 is 50.9 Å². The van der Waals surface area contributed by atoms with Crippen molar-refractivity contribution in [1.29, 1.82) is 0 Å². The van der Waals surface area contributed by atoms with Gasteiger partial charge in [-0.05, 0) is 12.1 Å². The molecule has 0 spiro atoms. The smallest absolute Gasteiger partial charge is 0.322 e. The molecular formula is C10H10F2N2O5S.